The van der Waals surface area contributed by atoms with E-state index in [9.17, 15) is 4.79 Å². The molecule has 1 aromatic rings. The standard InChI is InChI=1S/C16H24N2O/c1-2-13-3-5-14(6-4-13)7-8-16(19)18-15-9-11-17-12-10-15/h3-6,15,17H,2,7-12H2,1H3,(H,18,19). The molecule has 19 heavy (non-hydrogen) atoms. The number of amides is 1. The molecule has 2 rings (SSSR count). The second-order valence-corrected chi connectivity index (χ2v) is 5.26. The van der Waals surface area contributed by atoms with Crippen LogP contribution in [0.1, 0.15) is 37.3 Å². The van der Waals surface area contributed by atoms with Crippen molar-refractivity contribution in [1.29, 1.82) is 0 Å². The van der Waals surface area contributed by atoms with Crippen molar-refractivity contribution in [2.24, 2.45) is 0 Å². The van der Waals surface area contributed by atoms with Crippen LogP contribution in [0.2, 0.25) is 0 Å². The quantitative estimate of drug-likeness (QED) is 0.851. The van der Waals surface area contributed by atoms with Crippen molar-refractivity contribution in [1.82, 2.24) is 10.6 Å². The number of rotatable bonds is 5. The minimum Gasteiger partial charge on any atom is -0.353 e. The third kappa shape index (κ3) is 4.67. The van der Waals surface area contributed by atoms with Crippen LogP contribution in [0.15, 0.2) is 24.3 Å². The summed E-state index contributed by atoms with van der Waals surface area (Å²) >= 11 is 0. The molecule has 1 fully saturated rings. The maximum absolute atomic E-state index is 11.9. The molecule has 3 nitrogen and oxygen atoms in total. The van der Waals surface area contributed by atoms with Gasteiger partial charge in [0.15, 0.2) is 0 Å². The zero-order valence-electron chi connectivity index (χ0n) is 11.7. The lowest BCUT2D eigenvalue weighted by Gasteiger charge is -2.23. The van der Waals surface area contributed by atoms with Crippen LogP contribution in [-0.2, 0) is 17.6 Å². The Morgan fingerprint density at radius 2 is 1.84 bits per heavy atom. The van der Waals surface area contributed by atoms with Crippen molar-refractivity contribution in [3.8, 4) is 0 Å². The molecule has 1 aromatic carbocycles. The molecule has 1 amide bonds. The van der Waals surface area contributed by atoms with E-state index in [-0.39, 0.29) is 5.91 Å². The Morgan fingerprint density at radius 3 is 2.47 bits per heavy atom. The summed E-state index contributed by atoms with van der Waals surface area (Å²) in [5.41, 5.74) is 2.60. The lowest BCUT2D eigenvalue weighted by atomic mass is 10.0. The fourth-order valence-electron chi connectivity index (χ4n) is 2.47. The fourth-order valence-corrected chi connectivity index (χ4v) is 2.47. The summed E-state index contributed by atoms with van der Waals surface area (Å²) in [4.78, 5) is 11.9. The number of nitrogens with one attached hydrogen (secondary N) is 2. The Morgan fingerprint density at radius 1 is 1.21 bits per heavy atom. The van der Waals surface area contributed by atoms with Gasteiger partial charge >= 0.3 is 0 Å². The first-order valence-electron chi connectivity index (χ1n) is 7.36. The third-order valence-corrected chi connectivity index (χ3v) is 3.78. The smallest absolute Gasteiger partial charge is 0.220 e. The van der Waals surface area contributed by atoms with E-state index in [1.165, 1.54) is 11.1 Å². The van der Waals surface area contributed by atoms with Crippen LogP contribution >= 0.6 is 0 Å². The fraction of sp³-hybridized carbons (Fsp3) is 0.562. The van der Waals surface area contributed by atoms with Gasteiger partial charge in [-0.15, -0.1) is 0 Å². The van der Waals surface area contributed by atoms with Gasteiger partial charge in [0.1, 0.15) is 0 Å². The highest BCUT2D eigenvalue weighted by Gasteiger charge is 2.14. The molecule has 0 aliphatic carbocycles. The molecule has 0 unspecified atom stereocenters. The molecule has 1 saturated heterocycles. The molecular weight excluding hydrogens is 236 g/mol. The highest BCUT2D eigenvalue weighted by Crippen LogP contribution is 2.08. The lowest BCUT2D eigenvalue weighted by Crippen LogP contribution is -2.42. The number of aryl methyl sites for hydroxylation is 2. The average molecular weight is 260 g/mol. The van der Waals surface area contributed by atoms with E-state index >= 15 is 0 Å². The molecule has 0 bridgehead atoms. The molecule has 0 spiro atoms. The number of carbonyl (C=O) groups is 1. The largest absolute Gasteiger partial charge is 0.353 e. The van der Waals surface area contributed by atoms with Crippen LogP contribution in [-0.4, -0.2) is 25.0 Å². The Labute approximate surface area is 115 Å². The van der Waals surface area contributed by atoms with Crippen LogP contribution in [0.25, 0.3) is 0 Å². The van der Waals surface area contributed by atoms with Crippen LogP contribution in [0.5, 0.6) is 0 Å². The normalized spacial score (nSPS) is 16.3. The van der Waals surface area contributed by atoms with Gasteiger partial charge in [0, 0.05) is 12.5 Å². The van der Waals surface area contributed by atoms with Gasteiger partial charge in [-0.05, 0) is 49.9 Å². The van der Waals surface area contributed by atoms with Crippen LogP contribution in [0.4, 0.5) is 0 Å². The molecule has 2 N–H and O–H groups in total. The first kappa shape index (κ1) is 14.1. The summed E-state index contributed by atoms with van der Waals surface area (Å²) in [6, 6.07) is 8.95. The summed E-state index contributed by atoms with van der Waals surface area (Å²) in [6.45, 7) is 4.19. The van der Waals surface area contributed by atoms with Gasteiger partial charge in [-0.1, -0.05) is 31.2 Å². The van der Waals surface area contributed by atoms with E-state index in [1.807, 2.05) is 0 Å². The van der Waals surface area contributed by atoms with Crippen LogP contribution < -0.4 is 10.6 Å². The van der Waals surface area contributed by atoms with Gasteiger partial charge in [0.25, 0.3) is 0 Å². The zero-order chi connectivity index (χ0) is 13.5. The molecule has 104 valence electrons. The van der Waals surface area contributed by atoms with Gasteiger partial charge in [-0.2, -0.15) is 0 Å². The first-order chi connectivity index (χ1) is 9.28. The first-order valence-corrected chi connectivity index (χ1v) is 7.36. The minimum atomic E-state index is 0.187. The molecule has 1 heterocycles. The van der Waals surface area contributed by atoms with Gasteiger partial charge < -0.3 is 10.6 Å². The van der Waals surface area contributed by atoms with Gasteiger partial charge in [0.05, 0.1) is 0 Å². The topological polar surface area (TPSA) is 41.1 Å². The molecule has 1 aliphatic heterocycles. The third-order valence-electron chi connectivity index (χ3n) is 3.78. The maximum atomic E-state index is 11.9. The molecule has 3 heteroatoms. The number of piperidine rings is 1. The highest BCUT2D eigenvalue weighted by atomic mass is 16.1. The number of hydrogen-bond donors (Lipinski definition) is 2. The molecule has 0 atom stereocenters. The van der Waals surface area contributed by atoms with Crippen molar-refractivity contribution >= 4 is 5.91 Å². The predicted molar refractivity (Wildman–Crippen MR) is 78.2 cm³/mol. The van der Waals surface area contributed by atoms with Gasteiger partial charge in [-0.3, -0.25) is 4.79 Å². The summed E-state index contributed by atoms with van der Waals surface area (Å²) < 4.78 is 0. The van der Waals surface area contributed by atoms with Crippen molar-refractivity contribution in [2.45, 2.75) is 45.1 Å². The zero-order valence-corrected chi connectivity index (χ0v) is 11.7. The van der Waals surface area contributed by atoms with Crippen molar-refractivity contribution in [2.75, 3.05) is 13.1 Å². The van der Waals surface area contributed by atoms with E-state index in [2.05, 4.69) is 41.8 Å². The van der Waals surface area contributed by atoms with E-state index in [4.69, 9.17) is 0 Å². The maximum Gasteiger partial charge on any atom is 0.220 e. The second-order valence-electron chi connectivity index (χ2n) is 5.26. The predicted octanol–water partition coefficient (Wildman–Crippen LogP) is 2.05. The molecular formula is C16H24N2O. The SMILES string of the molecule is CCc1ccc(CCC(=O)NC2CCNCC2)cc1. The number of hydrogen-bond acceptors (Lipinski definition) is 2. The van der Waals surface area contributed by atoms with E-state index in [1.54, 1.807) is 0 Å². The Hall–Kier alpha value is -1.35. The second kappa shape index (κ2) is 7.29. The molecule has 0 saturated carbocycles. The summed E-state index contributed by atoms with van der Waals surface area (Å²) in [7, 11) is 0. The summed E-state index contributed by atoms with van der Waals surface area (Å²) in [5, 5.41) is 6.44. The number of benzene rings is 1. The van der Waals surface area contributed by atoms with Crippen molar-refractivity contribution in [3.05, 3.63) is 35.4 Å². The van der Waals surface area contributed by atoms with Crippen LogP contribution in [0.3, 0.4) is 0 Å². The minimum absolute atomic E-state index is 0.187. The summed E-state index contributed by atoms with van der Waals surface area (Å²) in [6.07, 6.45) is 4.60. The van der Waals surface area contributed by atoms with Crippen molar-refractivity contribution in [3.63, 3.8) is 0 Å². The van der Waals surface area contributed by atoms with Gasteiger partial charge in [-0.25, -0.2) is 0 Å². The molecule has 1 aliphatic rings. The van der Waals surface area contributed by atoms with Gasteiger partial charge in [0.2, 0.25) is 5.91 Å². The lowest BCUT2D eigenvalue weighted by molar-refractivity contribution is -0.121. The van der Waals surface area contributed by atoms with Crippen molar-refractivity contribution < 1.29 is 4.79 Å². The molecule has 0 radical (unpaired) electrons. The van der Waals surface area contributed by atoms with E-state index in [0.717, 1.165) is 38.8 Å². The Bertz CT molecular complexity index is 394. The average Bonchev–Trinajstić information content (AvgIpc) is 2.47. The van der Waals surface area contributed by atoms with E-state index in [0.29, 0.717) is 12.5 Å². The number of carbonyl (C=O) groups excluding carboxylic acids is 1. The van der Waals surface area contributed by atoms with E-state index < -0.39 is 0 Å². The Balaban J connectivity index is 1.72. The molecule has 0 aromatic heterocycles. The highest BCUT2D eigenvalue weighted by molar-refractivity contribution is 5.76. The monoisotopic (exact) mass is 260 g/mol. The summed E-state index contributed by atoms with van der Waals surface area (Å²) in [5.74, 6) is 0.187. The van der Waals surface area contributed by atoms with Crippen LogP contribution in [0, 0.1) is 0 Å². The Kier molecular flexibility index (Phi) is 5.40.